The molecule has 5 heteroatoms. The normalized spacial score (nSPS) is 10.9. The summed E-state index contributed by atoms with van der Waals surface area (Å²) in [6.07, 6.45) is 0. The summed E-state index contributed by atoms with van der Waals surface area (Å²) in [6.45, 7) is 3.49. The van der Waals surface area contributed by atoms with Crippen LogP contribution in [0.25, 0.3) is 0 Å². The minimum atomic E-state index is -0.621. The molecule has 0 aliphatic heterocycles. The van der Waals surface area contributed by atoms with Gasteiger partial charge in [-0.2, -0.15) is 5.26 Å². The van der Waals surface area contributed by atoms with Crippen LogP contribution >= 0.6 is 11.8 Å². The first-order valence-corrected chi connectivity index (χ1v) is 6.90. The fourth-order valence-electron chi connectivity index (χ4n) is 1.44. The quantitative estimate of drug-likeness (QED) is 0.838. The van der Waals surface area contributed by atoms with Gasteiger partial charge in [-0.1, -0.05) is 12.1 Å². The zero-order valence-electron chi connectivity index (χ0n) is 11.4. The van der Waals surface area contributed by atoms with Gasteiger partial charge in [-0.15, -0.1) is 11.8 Å². The second-order valence-electron chi connectivity index (χ2n) is 4.78. The first-order valence-electron chi connectivity index (χ1n) is 5.92. The van der Waals surface area contributed by atoms with Gasteiger partial charge in [0.05, 0.1) is 29.5 Å². The number of amides is 1. The smallest absolute Gasteiger partial charge is 0.255 e. The molecular formula is C14H18N2O2S. The van der Waals surface area contributed by atoms with Crippen LogP contribution < -0.4 is 0 Å². The summed E-state index contributed by atoms with van der Waals surface area (Å²) >= 11 is 1.34. The van der Waals surface area contributed by atoms with Crippen molar-refractivity contribution < 1.29 is 9.90 Å². The minimum Gasteiger partial charge on any atom is -0.394 e. The highest BCUT2D eigenvalue weighted by molar-refractivity contribution is 7.99. The Balaban J connectivity index is 3.03. The van der Waals surface area contributed by atoms with E-state index in [1.807, 2.05) is 12.1 Å². The molecule has 0 saturated carbocycles. The van der Waals surface area contributed by atoms with Crippen LogP contribution in [-0.4, -0.2) is 40.9 Å². The first kappa shape index (κ1) is 15.5. The van der Waals surface area contributed by atoms with Crippen LogP contribution in [0.4, 0.5) is 0 Å². The monoisotopic (exact) mass is 278 g/mol. The van der Waals surface area contributed by atoms with Crippen LogP contribution in [0, 0.1) is 11.3 Å². The molecule has 0 saturated heterocycles. The number of nitriles is 1. The van der Waals surface area contributed by atoms with E-state index in [0.717, 1.165) is 4.90 Å². The summed E-state index contributed by atoms with van der Waals surface area (Å²) < 4.78 is 0. The number of thioether (sulfide) groups is 1. The molecule has 1 N–H and O–H groups in total. The average molecular weight is 278 g/mol. The van der Waals surface area contributed by atoms with E-state index in [9.17, 15) is 9.90 Å². The third-order valence-electron chi connectivity index (χ3n) is 3.01. The zero-order chi connectivity index (χ0) is 14.5. The van der Waals surface area contributed by atoms with Gasteiger partial charge in [0, 0.05) is 11.9 Å². The third-order valence-corrected chi connectivity index (χ3v) is 3.95. The molecule has 0 atom stereocenters. The van der Waals surface area contributed by atoms with Gasteiger partial charge in [0.25, 0.3) is 5.91 Å². The topological polar surface area (TPSA) is 64.3 Å². The average Bonchev–Trinajstić information content (AvgIpc) is 2.43. The Morgan fingerprint density at radius 3 is 2.68 bits per heavy atom. The van der Waals surface area contributed by atoms with Crippen molar-refractivity contribution in [2.45, 2.75) is 24.3 Å². The molecule has 102 valence electrons. The molecule has 0 heterocycles. The van der Waals surface area contributed by atoms with Crippen molar-refractivity contribution in [2.75, 3.05) is 19.4 Å². The Bertz CT molecular complexity index is 494. The lowest BCUT2D eigenvalue weighted by Gasteiger charge is -2.34. The second-order valence-corrected chi connectivity index (χ2v) is 5.79. The number of likely N-dealkylation sites (N-methyl/N-ethyl adjacent to an activating group) is 1. The van der Waals surface area contributed by atoms with Crippen LogP contribution in [-0.2, 0) is 0 Å². The van der Waals surface area contributed by atoms with Crippen molar-refractivity contribution in [3.05, 3.63) is 29.8 Å². The van der Waals surface area contributed by atoms with Crippen LogP contribution in [0.1, 0.15) is 24.2 Å². The molecule has 0 unspecified atom stereocenters. The number of hydrogen-bond donors (Lipinski definition) is 1. The van der Waals surface area contributed by atoms with Crippen LogP contribution in [0.3, 0.4) is 0 Å². The summed E-state index contributed by atoms with van der Waals surface area (Å²) in [5.41, 5.74) is -0.0591. The van der Waals surface area contributed by atoms with Gasteiger partial charge in [-0.3, -0.25) is 4.79 Å². The fourth-order valence-corrected chi connectivity index (χ4v) is 2.15. The number of aliphatic hydroxyl groups is 1. The fraction of sp³-hybridized carbons (Fsp3) is 0.429. The van der Waals surface area contributed by atoms with E-state index < -0.39 is 5.54 Å². The van der Waals surface area contributed by atoms with E-state index >= 15 is 0 Å². The molecule has 0 aliphatic rings. The number of carbonyl (C=O) groups excluding carboxylic acids is 1. The summed E-state index contributed by atoms with van der Waals surface area (Å²) in [6, 6.07) is 9.26. The number of hydrogen-bond acceptors (Lipinski definition) is 4. The number of aliphatic hydroxyl groups excluding tert-OH is 1. The number of rotatable bonds is 5. The Morgan fingerprint density at radius 2 is 2.11 bits per heavy atom. The maximum Gasteiger partial charge on any atom is 0.255 e. The molecule has 1 rings (SSSR count). The standard InChI is InChI=1S/C14H18N2O2S/c1-14(2,10-17)16(3)13(18)11-6-4-5-7-12(11)19-9-8-15/h4-7,17H,9-10H2,1-3H3. The van der Waals surface area contributed by atoms with Gasteiger partial charge in [0.1, 0.15) is 0 Å². The zero-order valence-corrected chi connectivity index (χ0v) is 12.2. The molecule has 0 spiro atoms. The molecule has 0 bridgehead atoms. The highest BCUT2D eigenvalue weighted by atomic mass is 32.2. The maximum atomic E-state index is 12.5. The molecule has 0 radical (unpaired) electrons. The largest absolute Gasteiger partial charge is 0.394 e. The molecule has 1 aromatic carbocycles. The Morgan fingerprint density at radius 1 is 1.47 bits per heavy atom. The van der Waals surface area contributed by atoms with E-state index in [-0.39, 0.29) is 12.5 Å². The third kappa shape index (κ3) is 3.72. The highest BCUT2D eigenvalue weighted by Crippen LogP contribution is 2.25. The van der Waals surface area contributed by atoms with Gasteiger partial charge in [-0.05, 0) is 26.0 Å². The predicted octanol–water partition coefficient (Wildman–Crippen LogP) is 2.15. The van der Waals surface area contributed by atoms with Crippen molar-refractivity contribution in [1.82, 2.24) is 4.90 Å². The van der Waals surface area contributed by atoms with Gasteiger partial charge in [-0.25, -0.2) is 0 Å². The Labute approximate surface area is 118 Å². The summed E-state index contributed by atoms with van der Waals surface area (Å²) in [7, 11) is 1.67. The van der Waals surface area contributed by atoms with E-state index in [1.54, 1.807) is 33.0 Å². The molecule has 0 aliphatic carbocycles. The van der Waals surface area contributed by atoms with E-state index in [1.165, 1.54) is 16.7 Å². The van der Waals surface area contributed by atoms with Crippen molar-refractivity contribution >= 4 is 17.7 Å². The number of benzene rings is 1. The molecule has 1 amide bonds. The van der Waals surface area contributed by atoms with Crippen LogP contribution in [0.5, 0.6) is 0 Å². The van der Waals surface area contributed by atoms with Gasteiger partial charge in [0.15, 0.2) is 0 Å². The molecular weight excluding hydrogens is 260 g/mol. The van der Waals surface area contributed by atoms with Crippen LogP contribution in [0.2, 0.25) is 0 Å². The lowest BCUT2D eigenvalue weighted by molar-refractivity contribution is 0.0470. The van der Waals surface area contributed by atoms with E-state index in [0.29, 0.717) is 11.3 Å². The maximum absolute atomic E-state index is 12.5. The van der Waals surface area contributed by atoms with E-state index in [4.69, 9.17) is 5.26 Å². The summed E-state index contributed by atoms with van der Waals surface area (Å²) in [5.74, 6) is 0.150. The SMILES string of the molecule is CN(C(=O)c1ccccc1SCC#N)C(C)(C)CO. The molecule has 1 aromatic rings. The lowest BCUT2D eigenvalue weighted by Crippen LogP contribution is -2.47. The molecule has 4 nitrogen and oxygen atoms in total. The first-order chi connectivity index (χ1) is 8.94. The molecule has 19 heavy (non-hydrogen) atoms. The predicted molar refractivity (Wildman–Crippen MR) is 76.0 cm³/mol. The minimum absolute atomic E-state index is 0.108. The number of carbonyl (C=O) groups is 1. The lowest BCUT2D eigenvalue weighted by atomic mass is 10.0. The Kier molecular flexibility index (Phi) is 5.40. The van der Waals surface area contributed by atoms with Gasteiger partial charge >= 0.3 is 0 Å². The van der Waals surface area contributed by atoms with Crippen molar-refractivity contribution in [3.8, 4) is 6.07 Å². The number of nitrogens with zero attached hydrogens (tertiary/aromatic N) is 2. The van der Waals surface area contributed by atoms with E-state index in [2.05, 4.69) is 6.07 Å². The van der Waals surface area contributed by atoms with Crippen molar-refractivity contribution in [1.29, 1.82) is 5.26 Å². The van der Waals surface area contributed by atoms with Gasteiger partial charge in [0.2, 0.25) is 0 Å². The van der Waals surface area contributed by atoms with Gasteiger partial charge < -0.3 is 10.0 Å². The summed E-state index contributed by atoms with van der Waals surface area (Å²) in [4.78, 5) is 14.8. The van der Waals surface area contributed by atoms with Crippen molar-refractivity contribution in [2.24, 2.45) is 0 Å². The molecule has 0 fully saturated rings. The molecule has 0 aromatic heterocycles. The van der Waals surface area contributed by atoms with Crippen LogP contribution in [0.15, 0.2) is 29.2 Å². The van der Waals surface area contributed by atoms with Crippen molar-refractivity contribution in [3.63, 3.8) is 0 Å². The summed E-state index contributed by atoms with van der Waals surface area (Å²) in [5, 5.41) is 18.0. The Hall–Kier alpha value is -1.51. The second kappa shape index (κ2) is 6.60. The highest BCUT2D eigenvalue weighted by Gasteiger charge is 2.28.